The molecule has 2 nitrogen and oxygen atoms in total. The molecule has 2 heteroatoms. The van der Waals surface area contributed by atoms with E-state index >= 15 is 0 Å². The number of anilines is 3. The predicted octanol–water partition coefficient (Wildman–Crippen LogP) is 13.8. The lowest BCUT2D eigenvalue weighted by atomic mass is 9.82. The normalized spacial score (nSPS) is 13.1. The van der Waals surface area contributed by atoms with Gasteiger partial charge in [0, 0.05) is 33.1 Å². The molecular weight excluding hydrogens is 619 g/mol. The maximum atomic E-state index is 6.17. The average molecular weight is 654 g/mol. The van der Waals surface area contributed by atoms with Gasteiger partial charge in [0.25, 0.3) is 0 Å². The van der Waals surface area contributed by atoms with E-state index in [4.69, 9.17) is 4.42 Å². The molecule has 9 aromatic rings. The molecule has 0 aliphatic heterocycles. The third-order valence-electron chi connectivity index (χ3n) is 10.9. The number of para-hydroxylation sites is 1. The summed E-state index contributed by atoms with van der Waals surface area (Å²) in [5.74, 6) is 0. The monoisotopic (exact) mass is 653 g/mol. The molecule has 8 aromatic carbocycles. The van der Waals surface area contributed by atoms with Crippen molar-refractivity contribution in [1.82, 2.24) is 0 Å². The minimum atomic E-state index is -0.101. The lowest BCUT2D eigenvalue weighted by molar-refractivity contribution is 0.660. The van der Waals surface area contributed by atoms with Crippen LogP contribution < -0.4 is 4.90 Å². The van der Waals surface area contributed by atoms with Gasteiger partial charge in [-0.25, -0.2) is 0 Å². The van der Waals surface area contributed by atoms with Crippen LogP contribution in [0.1, 0.15) is 25.0 Å². The zero-order valence-electron chi connectivity index (χ0n) is 28.6. The minimum absolute atomic E-state index is 0.101. The molecule has 0 amide bonds. The van der Waals surface area contributed by atoms with E-state index in [0.717, 1.165) is 44.4 Å². The van der Waals surface area contributed by atoms with E-state index in [-0.39, 0.29) is 5.41 Å². The van der Waals surface area contributed by atoms with Crippen molar-refractivity contribution in [2.24, 2.45) is 0 Å². The van der Waals surface area contributed by atoms with Crippen LogP contribution >= 0.6 is 0 Å². The van der Waals surface area contributed by atoms with Gasteiger partial charge in [-0.2, -0.15) is 0 Å². The molecule has 242 valence electrons. The van der Waals surface area contributed by atoms with Crippen molar-refractivity contribution in [1.29, 1.82) is 0 Å². The van der Waals surface area contributed by atoms with E-state index < -0.39 is 0 Å². The van der Waals surface area contributed by atoms with Crippen LogP contribution in [0.2, 0.25) is 0 Å². The fourth-order valence-electron chi connectivity index (χ4n) is 8.35. The number of benzene rings is 8. The second kappa shape index (κ2) is 11.3. The molecular formula is C49H35NO. The fourth-order valence-corrected chi connectivity index (χ4v) is 8.35. The van der Waals surface area contributed by atoms with E-state index in [2.05, 4.69) is 183 Å². The highest BCUT2D eigenvalue weighted by molar-refractivity contribution is 6.06. The Hall–Kier alpha value is -6.38. The van der Waals surface area contributed by atoms with Crippen LogP contribution in [0.4, 0.5) is 17.1 Å². The highest BCUT2D eigenvalue weighted by Gasteiger charge is 2.37. The van der Waals surface area contributed by atoms with Crippen molar-refractivity contribution in [3.05, 3.63) is 187 Å². The molecule has 0 radical (unpaired) electrons. The maximum Gasteiger partial charge on any atom is 0.135 e. The number of hydrogen-bond acceptors (Lipinski definition) is 2. The summed E-state index contributed by atoms with van der Waals surface area (Å²) in [5.41, 5.74) is 15.2. The van der Waals surface area contributed by atoms with Crippen molar-refractivity contribution in [2.45, 2.75) is 19.3 Å². The summed E-state index contributed by atoms with van der Waals surface area (Å²) in [6.45, 7) is 4.70. The molecule has 51 heavy (non-hydrogen) atoms. The second-order valence-electron chi connectivity index (χ2n) is 14.1. The van der Waals surface area contributed by atoms with E-state index in [1.807, 2.05) is 12.1 Å². The van der Waals surface area contributed by atoms with Gasteiger partial charge in [-0.05, 0) is 98.2 Å². The van der Waals surface area contributed by atoms with Crippen LogP contribution in [-0.2, 0) is 5.41 Å². The third-order valence-corrected chi connectivity index (χ3v) is 10.9. The molecule has 10 rings (SSSR count). The molecule has 0 saturated heterocycles. The third kappa shape index (κ3) is 4.64. The standard InChI is InChI=1S/C49H35NO/c1-49(2)43-20-7-5-18-41(43)48-44(49)21-11-22-45(48)50(36-27-24-33(25-28-36)39-19-10-13-32-12-3-4-16-38(32)39)37-15-9-14-34(30-37)35-26-29-47-42(31-35)40-17-6-8-23-46(40)51-47/h3-31H,1-2H3. The average Bonchev–Trinajstić information content (AvgIpc) is 3.67. The Kier molecular flexibility index (Phi) is 6.56. The lowest BCUT2D eigenvalue weighted by Gasteiger charge is -2.29. The summed E-state index contributed by atoms with van der Waals surface area (Å²) >= 11 is 0. The van der Waals surface area contributed by atoms with Crippen LogP contribution in [0.3, 0.4) is 0 Å². The Labute approximate surface area is 297 Å². The van der Waals surface area contributed by atoms with Gasteiger partial charge in [-0.1, -0.05) is 141 Å². The molecule has 0 saturated carbocycles. The summed E-state index contributed by atoms with van der Waals surface area (Å²) in [6.07, 6.45) is 0. The van der Waals surface area contributed by atoms with E-state index in [1.54, 1.807) is 0 Å². The highest BCUT2D eigenvalue weighted by Crippen LogP contribution is 2.54. The van der Waals surface area contributed by atoms with Crippen LogP contribution in [0, 0.1) is 0 Å². The number of rotatable bonds is 5. The summed E-state index contributed by atoms with van der Waals surface area (Å²) in [6, 6.07) is 63.8. The summed E-state index contributed by atoms with van der Waals surface area (Å²) in [7, 11) is 0. The molecule has 1 heterocycles. The molecule has 0 atom stereocenters. The van der Waals surface area contributed by atoms with Gasteiger partial charge in [0.1, 0.15) is 11.2 Å². The van der Waals surface area contributed by atoms with Crippen molar-refractivity contribution in [3.8, 4) is 33.4 Å². The first-order valence-corrected chi connectivity index (χ1v) is 17.7. The number of nitrogens with zero attached hydrogens (tertiary/aromatic N) is 1. The zero-order chi connectivity index (χ0) is 34.1. The first-order chi connectivity index (χ1) is 25.0. The SMILES string of the molecule is CC1(C)c2ccccc2-c2c(N(c3ccc(-c4cccc5ccccc45)cc3)c3cccc(-c4ccc5oc6ccccc6c5c4)c3)cccc21. The molecule has 0 spiro atoms. The maximum absolute atomic E-state index is 6.17. The van der Waals surface area contributed by atoms with Crippen LogP contribution in [0.15, 0.2) is 180 Å². The molecule has 0 bridgehead atoms. The van der Waals surface area contributed by atoms with Crippen molar-refractivity contribution >= 4 is 49.8 Å². The summed E-state index contributed by atoms with van der Waals surface area (Å²) in [4.78, 5) is 2.44. The van der Waals surface area contributed by atoms with Crippen molar-refractivity contribution in [3.63, 3.8) is 0 Å². The van der Waals surface area contributed by atoms with Crippen LogP contribution in [0.25, 0.3) is 66.1 Å². The topological polar surface area (TPSA) is 16.4 Å². The molecule has 0 unspecified atom stereocenters. The Bertz CT molecular complexity index is 2780. The Morgan fingerprint density at radius 2 is 1.08 bits per heavy atom. The quantitative estimate of drug-likeness (QED) is 0.184. The summed E-state index contributed by atoms with van der Waals surface area (Å²) < 4.78 is 6.17. The van der Waals surface area contributed by atoms with E-state index in [1.165, 1.54) is 49.8 Å². The first-order valence-electron chi connectivity index (χ1n) is 17.7. The molecule has 0 fully saturated rings. The molecule has 1 aromatic heterocycles. The molecule has 1 aliphatic rings. The van der Waals surface area contributed by atoms with Gasteiger partial charge in [0.05, 0.1) is 5.69 Å². The minimum Gasteiger partial charge on any atom is -0.456 e. The Balaban J connectivity index is 1.16. The first kappa shape index (κ1) is 29.5. The molecule has 1 aliphatic carbocycles. The van der Waals surface area contributed by atoms with Crippen LogP contribution in [0.5, 0.6) is 0 Å². The smallest absolute Gasteiger partial charge is 0.135 e. The Morgan fingerprint density at radius 3 is 1.98 bits per heavy atom. The van der Waals surface area contributed by atoms with Gasteiger partial charge in [0.2, 0.25) is 0 Å². The lowest BCUT2D eigenvalue weighted by Crippen LogP contribution is -2.16. The van der Waals surface area contributed by atoms with Gasteiger partial charge < -0.3 is 9.32 Å². The number of furan rings is 1. The Morgan fingerprint density at radius 1 is 0.431 bits per heavy atom. The second-order valence-corrected chi connectivity index (χ2v) is 14.1. The van der Waals surface area contributed by atoms with Crippen molar-refractivity contribution in [2.75, 3.05) is 4.90 Å². The molecule has 0 N–H and O–H groups in total. The highest BCUT2D eigenvalue weighted by atomic mass is 16.3. The number of fused-ring (bicyclic) bond motifs is 7. The summed E-state index contributed by atoms with van der Waals surface area (Å²) in [5, 5.41) is 4.79. The van der Waals surface area contributed by atoms with Gasteiger partial charge >= 0.3 is 0 Å². The van der Waals surface area contributed by atoms with Crippen molar-refractivity contribution < 1.29 is 4.42 Å². The van der Waals surface area contributed by atoms with E-state index in [0.29, 0.717) is 0 Å². The number of hydrogen-bond donors (Lipinski definition) is 0. The largest absolute Gasteiger partial charge is 0.456 e. The predicted molar refractivity (Wildman–Crippen MR) is 214 cm³/mol. The van der Waals surface area contributed by atoms with E-state index in [9.17, 15) is 0 Å². The fraction of sp³-hybridized carbons (Fsp3) is 0.0612. The van der Waals surface area contributed by atoms with Gasteiger partial charge in [-0.15, -0.1) is 0 Å². The zero-order valence-corrected chi connectivity index (χ0v) is 28.6. The van der Waals surface area contributed by atoms with Crippen LogP contribution in [-0.4, -0.2) is 0 Å². The van der Waals surface area contributed by atoms with Gasteiger partial charge in [0.15, 0.2) is 0 Å². The van der Waals surface area contributed by atoms with Gasteiger partial charge in [-0.3, -0.25) is 0 Å².